The molecular formula is C20H12Cl4F2N2O2. The number of benzene rings is 2. The molecular weight excluding hydrogens is 480 g/mol. The van der Waals surface area contributed by atoms with E-state index in [1.165, 1.54) is 25.1 Å². The zero-order valence-electron chi connectivity index (χ0n) is 15.4. The van der Waals surface area contributed by atoms with Gasteiger partial charge in [0.1, 0.15) is 22.5 Å². The summed E-state index contributed by atoms with van der Waals surface area (Å²) < 4.78 is 26.9. The average molecular weight is 492 g/mol. The van der Waals surface area contributed by atoms with Crippen molar-refractivity contribution in [1.29, 1.82) is 0 Å². The van der Waals surface area contributed by atoms with E-state index >= 15 is 0 Å². The van der Waals surface area contributed by atoms with Gasteiger partial charge in [0.15, 0.2) is 0 Å². The summed E-state index contributed by atoms with van der Waals surface area (Å²) in [6.07, 6.45) is 0. The van der Waals surface area contributed by atoms with Crippen LogP contribution in [0.25, 0.3) is 21.8 Å². The fourth-order valence-electron chi connectivity index (χ4n) is 2.73. The minimum Gasteiger partial charge on any atom is -0.507 e. The number of aromatic amines is 1. The van der Waals surface area contributed by atoms with Crippen molar-refractivity contribution < 1.29 is 13.9 Å². The van der Waals surface area contributed by atoms with E-state index < -0.39 is 17.2 Å². The third-order valence-corrected chi connectivity index (χ3v) is 5.88. The van der Waals surface area contributed by atoms with Crippen molar-refractivity contribution in [2.75, 3.05) is 0 Å². The van der Waals surface area contributed by atoms with Crippen LogP contribution in [0.15, 0.2) is 29.1 Å². The zero-order valence-corrected chi connectivity index (χ0v) is 18.4. The molecule has 0 unspecified atom stereocenters. The van der Waals surface area contributed by atoms with Crippen molar-refractivity contribution in [2.24, 2.45) is 0 Å². The Kier molecular flexibility index (Phi) is 6.43. The molecule has 0 saturated carbocycles. The first-order valence-corrected chi connectivity index (χ1v) is 9.84. The van der Waals surface area contributed by atoms with Crippen molar-refractivity contribution >= 4 is 68.2 Å². The minimum absolute atomic E-state index is 0.0559. The Hall–Kier alpha value is -2.12. The highest BCUT2D eigenvalue weighted by Gasteiger charge is 2.15. The fraction of sp³-hybridized carbons (Fsp3) is 0.100. The third kappa shape index (κ3) is 3.93. The summed E-state index contributed by atoms with van der Waals surface area (Å²) in [6.45, 7) is 3.09. The van der Waals surface area contributed by atoms with E-state index in [0.29, 0.717) is 10.6 Å². The Morgan fingerprint density at radius 3 is 2.10 bits per heavy atom. The van der Waals surface area contributed by atoms with Crippen LogP contribution in [0, 0.1) is 25.5 Å². The molecule has 10 heteroatoms. The standard InChI is InChI=1S/C10H5Cl3FN.C10H7ClFNO2/c1-4-8(12)7-6(14)3-2-5(11)9(7)15-10(4)13;1-4-9(14)7-6(12)3-2-5(11)8(7)13-10(4)15/h2-3H,1H3;2-3H,1H3,(H2,13,14,15). The van der Waals surface area contributed by atoms with Gasteiger partial charge in [-0.1, -0.05) is 46.4 Å². The first-order valence-electron chi connectivity index (χ1n) is 8.33. The van der Waals surface area contributed by atoms with Crippen LogP contribution in [0.4, 0.5) is 8.78 Å². The maximum atomic E-state index is 13.5. The molecule has 0 aliphatic rings. The van der Waals surface area contributed by atoms with Crippen LogP contribution in [0.3, 0.4) is 0 Å². The molecule has 0 amide bonds. The third-order valence-electron chi connectivity index (χ3n) is 4.42. The van der Waals surface area contributed by atoms with Gasteiger partial charge in [0.05, 0.1) is 42.4 Å². The molecule has 0 radical (unpaired) electrons. The lowest BCUT2D eigenvalue weighted by Crippen LogP contribution is -2.10. The highest BCUT2D eigenvalue weighted by molar-refractivity contribution is 6.41. The van der Waals surface area contributed by atoms with E-state index in [1.54, 1.807) is 6.92 Å². The van der Waals surface area contributed by atoms with Gasteiger partial charge in [0.2, 0.25) is 0 Å². The number of nitrogens with zero attached hydrogens (tertiary/aromatic N) is 1. The molecule has 0 fully saturated rings. The summed E-state index contributed by atoms with van der Waals surface area (Å²) in [5, 5.41) is 10.8. The van der Waals surface area contributed by atoms with Crippen molar-refractivity contribution in [2.45, 2.75) is 13.8 Å². The van der Waals surface area contributed by atoms with Gasteiger partial charge in [-0.2, -0.15) is 0 Å². The zero-order chi connectivity index (χ0) is 22.3. The molecule has 30 heavy (non-hydrogen) atoms. The van der Waals surface area contributed by atoms with Crippen LogP contribution < -0.4 is 5.56 Å². The number of hydrogen-bond donors (Lipinski definition) is 2. The quantitative estimate of drug-likeness (QED) is 0.261. The molecule has 2 aromatic heterocycles. The van der Waals surface area contributed by atoms with Crippen molar-refractivity contribution in [3.63, 3.8) is 0 Å². The van der Waals surface area contributed by atoms with Crippen LogP contribution in [0.5, 0.6) is 5.75 Å². The molecule has 0 saturated heterocycles. The Balaban J connectivity index is 0.000000171. The number of rotatable bonds is 0. The fourth-order valence-corrected chi connectivity index (χ4v) is 3.63. The van der Waals surface area contributed by atoms with Crippen LogP contribution in [-0.2, 0) is 0 Å². The summed E-state index contributed by atoms with van der Waals surface area (Å²) in [6, 6.07) is 5.14. The average Bonchev–Trinajstić information content (AvgIpc) is 2.70. The molecule has 0 bridgehead atoms. The van der Waals surface area contributed by atoms with Gasteiger partial charge < -0.3 is 10.1 Å². The first kappa shape index (κ1) is 22.6. The largest absolute Gasteiger partial charge is 0.507 e. The lowest BCUT2D eigenvalue weighted by Gasteiger charge is -2.07. The molecule has 4 nitrogen and oxygen atoms in total. The number of H-pyrrole nitrogens is 1. The molecule has 0 aliphatic carbocycles. The topological polar surface area (TPSA) is 66.0 Å². The lowest BCUT2D eigenvalue weighted by atomic mass is 10.1. The van der Waals surface area contributed by atoms with Crippen LogP contribution >= 0.6 is 46.4 Å². The second kappa shape index (κ2) is 8.55. The lowest BCUT2D eigenvalue weighted by molar-refractivity contribution is 0.473. The van der Waals surface area contributed by atoms with Crippen LogP contribution in [0.1, 0.15) is 11.1 Å². The summed E-state index contributed by atoms with van der Waals surface area (Å²) in [5.41, 5.74) is 0.546. The molecule has 156 valence electrons. The van der Waals surface area contributed by atoms with E-state index in [-0.39, 0.29) is 48.3 Å². The maximum Gasteiger partial charge on any atom is 0.255 e. The van der Waals surface area contributed by atoms with Gasteiger partial charge in [-0.05, 0) is 38.1 Å². The second-order valence-electron chi connectivity index (χ2n) is 6.30. The number of aromatic hydroxyl groups is 1. The van der Waals surface area contributed by atoms with E-state index in [0.717, 1.165) is 6.07 Å². The van der Waals surface area contributed by atoms with Gasteiger partial charge in [0, 0.05) is 5.56 Å². The molecule has 4 aromatic rings. The molecule has 4 rings (SSSR count). The summed E-state index contributed by atoms with van der Waals surface area (Å²) in [5.74, 6) is -1.44. The van der Waals surface area contributed by atoms with Crippen LogP contribution in [0.2, 0.25) is 20.2 Å². The summed E-state index contributed by atoms with van der Waals surface area (Å²) in [7, 11) is 0. The van der Waals surface area contributed by atoms with E-state index in [4.69, 9.17) is 46.4 Å². The number of aromatic nitrogens is 2. The first-order chi connectivity index (χ1) is 14.0. The van der Waals surface area contributed by atoms with Gasteiger partial charge in [-0.25, -0.2) is 13.8 Å². The van der Waals surface area contributed by atoms with E-state index in [9.17, 15) is 18.7 Å². The molecule has 2 N–H and O–H groups in total. The normalized spacial score (nSPS) is 10.9. The summed E-state index contributed by atoms with van der Waals surface area (Å²) >= 11 is 23.5. The van der Waals surface area contributed by atoms with Crippen LogP contribution in [-0.4, -0.2) is 15.1 Å². The Morgan fingerprint density at radius 2 is 1.47 bits per heavy atom. The number of nitrogens with one attached hydrogen (secondary N) is 1. The molecule has 0 atom stereocenters. The van der Waals surface area contributed by atoms with Gasteiger partial charge in [0.25, 0.3) is 5.56 Å². The molecule has 0 aliphatic heterocycles. The van der Waals surface area contributed by atoms with Crippen molar-refractivity contribution in [3.05, 3.63) is 77.6 Å². The van der Waals surface area contributed by atoms with Gasteiger partial charge in [-0.15, -0.1) is 0 Å². The van der Waals surface area contributed by atoms with Gasteiger partial charge >= 0.3 is 0 Å². The van der Waals surface area contributed by atoms with E-state index in [2.05, 4.69) is 9.97 Å². The number of fused-ring (bicyclic) bond motifs is 2. The highest BCUT2D eigenvalue weighted by atomic mass is 35.5. The Morgan fingerprint density at radius 1 is 0.900 bits per heavy atom. The monoisotopic (exact) mass is 490 g/mol. The molecule has 0 spiro atoms. The molecule has 2 aromatic carbocycles. The number of pyridine rings is 2. The van der Waals surface area contributed by atoms with Crippen molar-refractivity contribution in [1.82, 2.24) is 9.97 Å². The number of hydrogen-bond acceptors (Lipinski definition) is 3. The van der Waals surface area contributed by atoms with Crippen molar-refractivity contribution in [3.8, 4) is 5.75 Å². The smallest absolute Gasteiger partial charge is 0.255 e. The SMILES string of the molecule is Cc1c(Cl)nc2c(Cl)ccc(F)c2c1Cl.Cc1c(O)c2c(F)ccc(Cl)c2[nH]c1=O. The predicted molar refractivity (Wildman–Crippen MR) is 117 cm³/mol. The predicted octanol–water partition coefficient (Wildman–Crippen LogP) is 6.98. The molecule has 2 heterocycles. The number of halogens is 6. The minimum atomic E-state index is -0.619. The maximum absolute atomic E-state index is 13.5. The van der Waals surface area contributed by atoms with Gasteiger partial charge in [-0.3, -0.25) is 4.79 Å². The Labute approximate surface area is 189 Å². The van der Waals surface area contributed by atoms with E-state index in [1.807, 2.05) is 0 Å². The Bertz CT molecular complexity index is 1370. The summed E-state index contributed by atoms with van der Waals surface area (Å²) in [4.78, 5) is 17.7. The highest BCUT2D eigenvalue weighted by Crippen LogP contribution is 2.35. The second-order valence-corrected chi connectivity index (χ2v) is 7.85.